The highest BCUT2D eigenvalue weighted by Gasteiger charge is 2.13. The number of nitrogens with one attached hydrogen (secondary N) is 1. The standard InChI is InChI=1S/C23H28N2/c1-6-11-13-14-18-22(17-9-4)25(19-15-12-7-2)23(10-5)21(20-24)16-8-3/h2,6,8-10,12,14-18,20,24H,1,3-4,11,13,19H2,5H3/b15-12-,18-14-,21-16+,22-17+,23-10-,24-20?. The molecule has 0 aromatic rings. The van der Waals surface area contributed by atoms with Gasteiger partial charge in [-0.25, -0.2) is 0 Å². The smallest absolute Gasteiger partial charge is 0.0459 e. The molecule has 0 radical (unpaired) electrons. The third kappa shape index (κ3) is 8.39. The quantitative estimate of drug-likeness (QED) is 0.159. The second-order valence-corrected chi connectivity index (χ2v) is 4.95. The van der Waals surface area contributed by atoms with Gasteiger partial charge in [-0.15, -0.1) is 13.0 Å². The van der Waals surface area contributed by atoms with E-state index in [0.29, 0.717) is 6.54 Å². The number of hydrogen-bond acceptors (Lipinski definition) is 2. The van der Waals surface area contributed by atoms with Gasteiger partial charge < -0.3 is 10.3 Å². The molecular weight excluding hydrogens is 304 g/mol. The van der Waals surface area contributed by atoms with Crippen LogP contribution in [0.3, 0.4) is 0 Å². The van der Waals surface area contributed by atoms with Crippen molar-refractivity contribution in [2.75, 3.05) is 6.54 Å². The highest BCUT2D eigenvalue weighted by Crippen LogP contribution is 2.21. The number of unbranched alkanes of at least 4 members (excludes halogenated alkanes) is 1. The minimum Gasteiger partial charge on any atom is -0.337 e. The molecule has 0 aliphatic carbocycles. The summed E-state index contributed by atoms with van der Waals surface area (Å²) in [5.74, 6) is 2.51. The normalized spacial score (nSPS) is 12.9. The van der Waals surface area contributed by atoms with Gasteiger partial charge in [0, 0.05) is 29.7 Å². The maximum Gasteiger partial charge on any atom is 0.0459 e. The van der Waals surface area contributed by atoms with Gasteiger partial charge in [-0.2, -0.15) is 0 Å². The summed E-state index contributed by atoms with van der Waals surface area (Å²) < 4.78 is 0. The molecule has 2 heteroatoms. The SMILES string of the molecule is C#C/C=C\CN(C(=C\C)/C(C=N)=C/C=C)C(/C=C\CCC=C)=C/C=C. The van der Waals surface area contributed by atoms with E-state index in [1.165, 1.54) is 6.21 Å². The summed E-state index contributed by atoms with van der Waals surface area (Å²) in [7, 11) is 0. The summed E-state index contributed by atoms with van der Waals surface area (Å²) >= 11 is 0. The van der Waals surface area contributed by atoms with Crippen LogP contribution in [0, 0.1) is 17.8 Å². The van der Waals surface area contributed by atoms with Crippen molar-refractivity contribution < 1.29 is 0 Å². The second-order valence-electron chi connectivity index (χ2n) is 4.95. The lowest BCUT2D eigenvalue weighted by atomic mass is 10.1. The molecule has 1 N–H and O–H groups in total. The molecule has 0 aliphatic heterocycles. The molecule has 0 atom stereocenters. The van der Waals surface area contributed by atoms with E-state index in [0.717, 1.165) is 29.8 Å². The van der Waals surface area contributed by atoms with Gasteiger partial charge in [0.2, 0.25) is 0 Å². The summed E-state index contributed by atoms with van der Waals surface area (Å²) in [5, 5.41) is 7.71. The Bertz CT molecular complexity index is 646. The van der Waals surface area contributed by atoms with Crippen LogP contribution in [0.2, 0.25) is 0 Å². The van der Waals surface area contributed by atoms with E-state index in [-0.39, 0.29) is 0 Å². The monoisotopic (exact) mass is 332 g/mol. The summed E-state index contributed by atoms with van der Waals surface area (Å²) in [5.41, 5.74) is 2.63. The first kappa shape index (κ1) is 22.0. The molecule has 0 fully saturated rings. The first-order chi connectivity index (χ1) is 12.2. The zero-order chi connectivity index (χ0) is 18.9. The fourth-order valence-electron chi connectivity index (χ4n) is 2.16. The molecule has 2 nitrogen and oxygen atoms in total. The van der Waals surface area contributed by atoms with E-state index in [2.05, 4.69) is 36.6 Å². The van der Waals surface area contributed by atoms with Crippen molar-refractivity contribution in [3.63, 3.8) is 0 Å². The van der Waals surface area contributed by atoms with Crippen molar-refractivity contribution in [1.82, 2.24) is 4.90 Å². The van der Waals surface area contributed by atoms with Crippen LogP contribution < -0.4 is 0 Å². The maximum absolute atomic E-state index is 7.71. The van der Waals surface area contributed by atoms with E-state index in [4.69, 9.17) is 11.8 Å². The summed E-state index contributed by atoms with van der Waals surface area (Å²) in [6, 6.07) is 0. The highest BCUT2D eigenvalue weighted by atomic mass is 15.1. The predicted molar refractivity (Wildman–Crippen MR) is 112 cm³/mol. The van der Waals surface area contributed by atoms with Crippen LogP contribution in [0.5, 0.6) is 0 Å². The fraction of sp³-hybridized carbons (Fsp3) is 0.174. The van der Waals surface area contributed by atoms with E-state index in [1.807, 2.05) is 43.4 Å². The molecular formula is C23H28N2. The Morgan fingerprint density at radius 1 is 1.12 bits per heavy atom. The Hall–Kier alpha value is -3.05. The van der Waals surface area contributed by atoms with Gasteiger partial charge in [0.05, 0.1) is 0 Å². The van der Waals surface area contributed by atoms with E-state index >= 15 is 0 Å². The molecule has 0 spiro atoms. The van der Waals surface area contributed by atoms with Crippen LogP contribution in [0.25, 0.3) is 0 Å². The zero-order valence-electron chi connectivity index (χ0n) is 15.1. The predicted octanol–water partition coefficient (Wildman–Crippen LogP) is 5.74. The van der Waals surface area contributed by atoms with Gasteiger partial charge in [0.25, 0.3) is 0 Å². The molecule has 0 rings (SSSR count). The average Bonchev–Trinajstić information content (AvgIpc) is 2.62. The molecule has 25 heavy (non-hydrogen) atoms. The highest BCUT2D eigenvalue weighted by molar-refractivity contribution is 5.82. The molecule has 0 saturated carbocycles. The summed E-state index contributed by atoms with van der Waals surface area (Å²) in [6.45, 7) is 13.8. The molecule has 0 bridgehead atoms. The van der Waals surface area contributed by atoms with E-state index in [1.54, 1.807) is 18.2 Å². The lowest BCUT2D eigenvalue weighted by Gasteiger charge is -2.28. The van der Waals surface area contributed by atoms with Crippen molar-refractivity contribution in [3.8, 4) is 12.3 Å². The fourth-order valence-corrected chi connectivity index (χ4v) is 2.16. The molecule has 0 unspecified atom stereocenters. The van der Waals surface area contributed by atoms with Gasteiger partial charge in [-0.05, 0) is 38.0 Å². The largest absolute Gasteiger partial charge is 0.337 e. The Morgan fingerprint density at radius 2 is 1.84 bits per heavy atom. The third-order valence-electron chi connectivity index (χ3n) is 3.24. The summed E-state index contributed by atoms with van der Waals surface area (Å²) in [4.78, 5) is 2.08. The Labute approximate surface area is 153 Å². The van der Waals surface area contributed by atoms with Crippen LogP contribution in [-0.2, 0) is 0 Å². The molecule has 130 valence electrons. The molecule has 0 heterocycles. The maximum atomic E-state index is 7.71. The third-order valence-corrected chi connectivity index (χ3v) is 3.24. The molecule has 0 amide bonds. The first-order valence-electron chi connectivity index (χ1n) is 8.18. The van der Waals surface area contributed by atoms with E-state index < -0.39 is 0 Å². The Balaban J connectivity index is 5.94. The lowest BCUT2D eigenvalue weighted by Crippen LogP contribution is -2.23. The summed E-state index contributed by atoms with van der Waals surface area (Å²) in [6.07, 6.45) is 27.3. The number of allylic oxidation sites excluding steroid dienone is 10. The number of hydrogen-bond donors (Lipinski definition) is 1. The van der Waals surface area contributed by atoms with Crippen molar-refractivity contribution in [2.24, 2.45) is 0 Å². The Kier molecular flexibility index (Phi) is 12.8. The minimum absolute atomic E-state index is 0.581. The number of nitrogens with zero attached hydrogens (tertiary/aromatic N) is 1. The van der Waals surface area contributed by atoms with Crippen molar-refractivity contribution in [3.05, 3.63) is 97.5 Å². The van der Waals surface area contributed by atoms with E-state index in [9.17, 15) is 0 Å². The van der Waals surface area contributed by atoms with Crippen LogP contribution in [0.4, 0.5) is 0 Å². The molecule has 0 aromatic carbocycles. The van der Waals surface area contributed by atoms with Crippen LogP contribution in [0.15, 0.2) is 97.5 Å². The minimum atomic E-state index is 0.581. The zero-order valence-corrected chi connectivity index (χ0v) is 15.1. The van der Waals surface area contributed by atoms with Crippen molar-refractivity contribution in [2.45, 2.75) is 19.8 Å². The van der Waals surface area contributed by atoms with Gasteiger partial charge in [-0.1, -0.05) is 61.6 Å². The van der Waals surface area contributed by atoms with Crippen molar-refractivity contribution >= 4 is 6.21 Å². The number of terminal acetylenes is 1. The van der Waals surface area contributed by atoms with Crippen LogP contribution >= 0.6 is 0 Å². The Morgan fingerprint density at radius 3 is 2.36 bits per heavy atom. The first-order valence-corrected chi connectivity index (χ1v) is 8.18. The molecule has 0 saturated heterocycles. The van der Waals surface area contributed by atoms with Gasteiger partial charge in [0.1, 0.15) is 0 Å². The van der Waals surface area contributed by atoms with Crippen LogP contribution in [0.1, 0.15) is 19.8 Å². The number of rotatable bonds is 12. The second kappa shape index (κ2) is 14.5. The van der Waals surface area contributed by atoms with Gasteiger partial charge in [0.15, 0.2) is 0 Å². The van der Waals surface area contributed by atoms with Gasteiger partial charge in [-0.3, -0.25) is 0 Å². The average molecular weight is 332 g/mol. The van der Waals surface area contributed by atoms with Crippen LogP contribution in [-0.4, -0.2) is 17.7 Å². The lowest BCUT2D eigenvalue weighted by molar-refractivity contribution is 0.498. The molecule has 0 aromatic heterocycles. The topological polar surface area (TPSA) is 27.1 Å². The van der Waals surface area contributed by atoms with Crippen molar-refractivity contribution in [1.29, 1.82) is 5.41 Å². The van der Waals surface area contributed by atoms with Gasteiger partial charge >= 0.3 is 0 Å². The molecule has 0 aliphatic rings.